The molecule has 0 radical (unpaired) electrons. The molecular formula is C7H19N. The third-order valence-electron chi connectivity index (χ3n) is 0.803. The summed E-state index contributed by atoms with van der Waals surface area (Å²) in [5, 5.41) is 3.25. The van der Waals surface area contributed by atoms with E-state index in [1.165, 1.54) is 0 Å². The maximum atomic E-state index is 3.25. The van der Waals surface area contributed by atoms with Gasteiger partial charge in [0.2, 0.25) is 0 Å². The van der Waals surface area contributed by atoms with Gasteiger partial charge >= 0.3 is 0 Å². The number of hydrogen-bond acceptors (Lipinski definition) is 1. The highest BCUT2D eigenvalue weighted by Crippen LogP contribution is 1.84. The van der Waals surface area contributed by atoms with Crippen LogP contribution in [-0.4, -0.2) is 13.1 Å². The summed E-state index contributed by atoms with van der Waals surface area (Å²) in [6.07, 6.45) is 0. The van der Waals surface area contributed by atoms with Crippen molar-refractivity contribution in [3.63, 3.8) is 0 Å². The van der Waals surface area contributed by atoms with Gasteiger partial charge in [0.05, 0.1) is 0 Å². The Kier molecular flexibility index (Phi) is 9.44. The van der Waals surface area contributed by atoms with Gasteiger partial charge < -0.3 is 5.32 Å². The van der Waals surface area contributed by atoms with E-state index in [0.29, 0.717) is 0 Å². The average Bonchev–Trinajstić information content (AvgIpc) is 1.61. The monoisotopic (exact) mass is 117 g/mol. The molecule has 52 valence electrons. The van der Waals surface area contributed by atoms with Crippen molar-refractivity contribution in [2.45, 2.75) is 28.2 Å². The lowest BCUT2D eigenvalue weighted by atomic mass is 10.2. The van der Waals surface area contributed by atoms with Crippen LogP contribution in [0.4, 0.5) is 0 Å². The highest BCUT2D eigenvalue weighted by molar-refractivity contribution is 4.46. The van der Waals surface area contributed by atoms with Gasteiger partial charge in [-0.2, -0.15) is 0 Å². The molecule has 8 heavy (non-hydrogen) atoms. The molecule has 1 N–H and O–H groups in total. The minimum absolute atomic E-state index is 0. The SMILES string of the molecule is C.CCNCC(C)C. The Morgan fingerprint density at radius 3 is 2.00 bits per heavy atom. The maximum Gasteiger partial charge on any atom is -0.00259 e. The first-order chi connectivity index (χ1) is 3.27. The summed E-state index contributed by atoms with van der Waals surface area (Å²) in [5.74, 6) is 0.792. The lowest BCUT2D eigenvalue weighted by molar-refractivity contribution is 0.566. The molecular weight excluding hydrogens is 98.1 g/mol. The minimum Gasteiger partial charge on any atom is -0.317 e. The van der Waals surface area contributed by atoms with Crippen molar-refractivity contribution in [1.82, 2.24) is 5.32 Å². The molecule has 0 atom stereocenters. The van der Waals surface area contributed by atoms with E-state index in [1.54, 1.807) is 0 Å². The number of nitrogens with one attached hydrogen (secondary N) is 1. The second-order valence-corrected chi connectivity index (χ2v) is 2.20. The topological polar surface area (TPSA) is 12.0 Å². The number of hydrogen-bond donors (Lipinski definition) is 1. The maximum absolute atomic E-state index is 3.25. The molecule has 0 aromatic heterocycles. The van der Waals surface area contributed by atoms with E-state index < -0.39 is 0 Å². The molecule has 0 rings (SSSR count). The first-order valence-corrected chi connectivity index (χ1v) is 2.98. The van der Waals surface area contributed by atoms with Gasteiger partial charge in [-0.05, 0) is 19.0 Å². The first kappa shape index (κ1) is 10.9. The van der Waals surface area contributed by atoms with Gasteiger partial charge in [-0.15, -0.1) is 0 Å². The predicted octanol–water partition coefficient (Wildman–Crippen LogP) is 1.89. The Labute approximate surface area is 53.5 Å². The van der Waals surface area contributed by atoms with E-state index in [4.69, 9.17) is 0 Å². The summed E-state index contributed by atoms with van der Waals surface area (Å²) >= 11 is 0. The Balaban J connectivity index is 0. The van der Waals surface area contributed by atoms with Crippen molar-refractivity contribution in [3.8, 4) is 0 Å². The molecule has 1 heteroatoms. The van der Waals surface area contributed by atoms with Gasteiger partial charge in [0.25, 0.3) is 0 Å². The van der Waals surface area contributed by atoms with Gasteiger partial charge in [-0.25, -0.2) is 0 Å². The average molecular weight is 117 g/mol. The predicted molar refractivity (Wildman–Crippen MR) is 40.1 cm³/mol. The normalized spacial score (nSPS) is 9.00. The minimum atomic E-state index is 0. The molecule has 0 bridgehead atoms. The fourth-order valence-corrected chi connectivity index (χ4v) is 0.433. The second kappa shape index (κ2) is 6.96. The van der Waals surface area contributed by atoms with Crippen LogP contribution in [0.15, 0.2) is 0 Å². The van der Waals surface area contributed by atoms with E-state index in [-0.39, 0.29) is 7.43 Å². The molecule has 0 saturated carbocycles. The molecule has 0 aromatic carbocycles. The highest BCUT2D eigenvalue weighted by atomic mass is 14.8. The third kappa shape index (κ3) is 9.35. The first-order valence-electron chi connectivity index (χ1n) is 2.98. The van der Waals surface area contributed by atoms with E-state index in [1.807, 2.05) is 0 Å². The molecule has 0 aliphatic heterocycles. The summed E-state index contributed by atoms with van der Waals surface area (Å²) in [5.41, 5.74) is 0. The van der Waals surface area contributed by atoms with E-state index in [0.717, 1.165) is 19.0 Å². The Morgan fingerprint density at radius 2 is 1.88 bits per heavy atom. The lowest BCUT2D eigenvalue weighted by Gasteiger charge is -2.01. The van der Waals surface area contributed by atoms with Crippen LogP contribution in [0.2, 0.25) is 0 Å². The third-order valence-corrected chi connectivity index (χ3v) is 0.803. The van der Waals surface area contributed by atoms with Crippen molar-refractivity contribution in [3.05, 3.63) is 0 Å². The molecule has 0 spiro atoms. The van der Waals surface area contributed by atoms with Gasteiger partial charge in [-0.1, -0.05) is 28.2 Å². The van der Waals surface area contributed by atoms with E-state index >= 15 is 0 Å². The van der Waals surface area contributed by atoms with Crippen molar-refractivity contribution < 1.29 is 0 Å². The van der Waals surface area contributed by atoms with Crippen LogP contribution in [-0.2, 0) is 0 Å². The summed E-state index contributed by atoms with van der Waals surface area (Å²) in [4.78, 5) is 0. The van der Waals surface area contributed by atoms with E-state index in [9.17, 15) is 0 Å². The molecule has 0 fully saturated rings. The van der Waals surface area contributed by atoms with Gasteiger partial charge in [0, 0.05) is 0 Å². The molecule has 0 aromatic rings. The molecule has 0 aliphatic carbocycles. The summed E-state index contributed by atoms with van der Waals surface area (Å²) in [6, 6.07) is 0. The van der Waals surface area contributed by atoms with Crippen LogP contribution < -0.4 is 5.32 Å². The van der Waals surface area contributed by atoms with Crippen molar-refractivity contribution in [2.24, 2.45) is 5.92 Å². The zero-order valence-corrected chi connectivity index (χ0v) is 5.49. The summed E-state index contributed by atoms with van der Waals surface area (Å²) < 4.78 is 0. The van der Waals surface area contributed by atoms with Crippen LogP contribution in [0.1, 0.15) is 28.2 Å². The summed E-state index contributed by atoms with van der Waals surface area (Å²) in [6.45, 7) is 8.79. The van der Waals surface area contributed by atoms with Gasteiger partial charge in [-0.3, -0.25) is 0 Å². The Bertz CT molecular complexity index is 33.4. The van der Waals surface area contributed by atoms with Crippen molar-refractivity contribution in [2.75, 3.05) is 13.1 Å². The summed E-state index contributed by atoms with van der Waals surface area (Å²) in [7, 11) is 0. The largest absolute Gasteiger partial charge is 0.317 e. The second-order valence-electron chi connectivity index (χ2n) is 2.20. The zero-order valence-electron chi connectivity index (χ0n) is 5.49. The van der Waals surface area contributed by atoms with Crippen molar-refractivity contribution >= 4 is 0 Å². The molecule has 0 heterocycles. The molecule has 0 aliphatic rings. The molecule has 1 nitrogen and oxygen atoms in total. The van der Waals surface area contributed by atoms with Crippen LogP contribution >= 0.6 is 0 Å². The quantitative estimate of drug-likeness (QED) is 0.595. The number of rotatable bonds is 3. The standard InChI is InChI=1S/C6H15N.CH4/c1-4-7-5-6(2)3;/h6-7H,4-5H2,1-3H3;1H4. The smallest absolute Gasteiger partial charge is 0.00259 e. The fourth-order valence-electron chi connectivity index (χ4n) is 0.433. The van der Waals surface area contributed by atoms with Gasteiger partial charge in [0.1, 0.15) is 0 Å². The zero-order chi connectivity index (χ0) is 5.70. The lowest BCUT2D eigenvalue weighted by Crippen LogP contribution is -2.18. The van der Waals surface area contributed by atoms with Crippen LogP contribution in [0, 0.1) is 5.92 Å². The van der Waals surface area contributed by atoms with E-state index in [2.05, 4.69) is 26.1 Å². The van der Waals surface area contributed by atoms with Crippen LogP contribution in [0.25, 0.3) is 0 Å². The fraction of sp³-hybridized carbons (Fsp3) is 1.00. The molecule has 0 saturated heterocycles. The van der Waals surface area contributed by atoms with Crippen LogP contribution in [0.5, 0.6) is 0 Å². The Hall–Kier alpha value is -0.0400. The molecule has 0 amide bonds. The van der Waals surface area contributed by atoms with Crippen LogP contribution in [0.3, 0.4) is 0 Å². The Morgan fingerprint density at radius 1 is 1.38 bits per heavy atom. The van der Waals surface area contributed by atoms with Crippen molar-refractivity contribution in [1.29, 1.82) is 0 Å². The van der Waals surface area contributed by atoms with Gasteiger partial charge in [0.15, 0.2) is 0 Å². The highest BCUT2D eigenvalue weighted by Gasteiger charge is 1.86. The molecule has 0 unspecified atom stereocenters.